The molecule has 0 bridgehead atoms. The fourth-order valence-electron chi connectivity index (χ4n) is 4.74. The van der Waals surface area contributed by atoms with Crippen molar-refractivity contribution in [1.29, 1.82) is 0 Å². The number of likely N-dealkylation sites (tertiary alicyclic amines) is 1. The molecule has 2 amide bonds. The summed E-state index contributed by atoms with van der Waals surface area (Å²) in [6, 6.07) is 9.12. The van der Waals surface area contributed by atoms with Crippen molar-refractivity contribution in [2.75, 3.05) is 49.6 Å². The lowest BCUT2D eigenvalue weighted by molar-refractivity contribution is -0.340. The summed E-state index contributed by atoms with van der Waals surface area (Å²) in [6.07, 6.45) is -1.97. The number of halogens is 3. The third-order valence-corrected chi connectivity index (χ3v) is 6.68. The lowest BCUT2D eigenvalue weighted by Crippen LogP contribution is -2.36. The van der Waals surface area contributed by atoms with Gasteiger partial charge in [-0.25, -0.2) is 9.78 Å². The van der Waals surface area contributed by atoms with Gasteiger partial charge < -0.3 is 19.9 Å². The summed E-state index contributed by atoms with van der Waals surface area (Å²) in [5.74, 6) is 0.825. The fraction of sp³-hybridized carbons (Fsp3) is 0.423. The molecule has 2 fully saturated rings. The van der Waals surface area contributed by atoms with Crippen molar-refractivity contribution in [2.24, 2.45) is 7.05 Å². The van der Waals surface area contributed by atoms with Gasteiger partial charge in [0.05, 0.1) is 31.2 Å². The SMILES string of the molecule is Cc1ccc(NC(=O)N2CCC(OC(F)(F)F)C2)cc1-c1cc(-c2cnn(C)c2)nc(N2CCOCC2)c1. The Labute approximate surface area is 218 Å². The number of nitrogens with one attached hydrogen (secondary N) is 1. The molecule has 0 saturated carbocycles. The predicted octanol–water partition coefficient (Wildman–Crippen LogP) is 4.44. The number of anilines is 2. The molecule has 0 aliphatic carbocycles. The second-order valence-electron chi connectivity index (χ2n) is 9.48. The fourth-order valence-corrected chi connectivity index (χ4v) is 4.74. The van der Waals surface area contributed by atoms with Crippen molar-refractivity contribution in [2.45, 2.75) is 25.8 Å². The Morgan fingerprint density at radius 1 is 1.13 bits per heavy atom. The number of aryl methyl sites for hydroxylation is 2. The third-order valence-electron chi connectivity index (χ3n) is 6.68. The Kier molecular flexibility index (Phi) is 7.26. The first-order chi connectivity index (χ1) is 18.1. The van der Waals surface area contributed by atoms with Gasteiger partial charge in [0.1, 0.15) is 5.82 Å². The number of alkyl halides is 3. The van der Waals surface area contributed by atoms with Crippen molar-refractivity contribution in [3.63, 3.8) is 0 Å². The van der Waals surface area contributed by atoms with Gasteiger partial charge in [0.15, 0.2) is 0 Å². The van der Waals surface area contributed by atoms with Crippen LogP contribution in [0.2, 0.25) is 0 Å². The molecule has 202 valence electrons. The van der Waals surface area contributed by atoms with Crippen molar-refractivity contribution in [1.82, 2.24) is 19.7 Å². The second-order valence-corrected chi connectivity index (χ2v) is 9.48. The molecule has 1 aromatic carbocycles. The predicted molar refractivity (Wildman–Crippen MR) is 136 cm³/mol. The molecule has 2 aromatic heterocycles. The Hall–Kier alpha value is -3.64. The van der Waals surface area contributed by atoms with Crippen LogP contribution in [0.25, 0.3) is 22.4 Å². The van der Waals surface area contributed by atoms with Crippen LogP contribution in [0.3, 0.4) is 0 Å². The molecule has 1 N–H and O–H groups in total. The monoisotopic (exact) mass is 530 g/mol. The zero-order chi connectivity index (χ0) is 26.9. The van der Waals surface area contributed by atoms with Crippen LogP contribution in [0.4, 0.5) is 29.5 Å². The molecule has 3 aromatic rings. The van der Waals surface area contributed by atoms with E-state index >= 15 is 0 Å². The largest absolute Gasteiger partial charge is 0.522 e. The van der Waals surface area contributed by atoms with Crippen molar-refractivity contribution >= 4 is 17.5 Å². The first-order valence-electron chi connectivity index (χ1n) is 12.4. The molecule has 38 heavy (non-hydrogen) atoms. The number of nitrogens with zero attached hydrogens (tertiary/aromatic N) is 5. The molecule has 0 radical (unpaired) electrons. The molecule has 12 heteroatoms. The number of amides is 2. The molecule has 2 aliphatic heterocycles. The number of pyridine rings is 1. The zero-order valence-electron chi connectivity index (χ0n) is 21.2. The maximum atomic E-state index is 12.8. The highest BCUT2D eigenvalue weighted by atomic mass is 19.4. The second kappa shape index (κ2) is 10.6. The van der Waals surface area contributed by atoms with Gasteiger partial charge in [0, 0.05) is 50.7 Å². The lowest BCUT2D eigenvalue weighted by atomic mass is 9.98. The lowest BCUT2D eigenvalue weighted by Gasteiger charge is -2.28. The summed E-state index contributed by atoms with van der Waals surface area (Å²) in [6.45, 7) is 4.76. The van der Waals surface area contributed by atoms with Crippen molar-refractivity contribution in [3.8, 4) is 22.4 Å². The normalized spacial score (nSPS) is 18.2. The van der Waals surface area contributed by atoms with Gasteiger partial charge in [-0.1, -0.05) is 6.07 Å². The molecule has 1 unspecified atom stereocenters. The maximum absolute atomic E-state index is 12.8. The first kappa shape index (κ1) is 26.0. The van der Waals surface area contributed by atoms with Crippen molar-refractivity contribution < 1.29 is 27.4 Å². The van der Waals surface area contributed by atoms with E-state index in [-0.39, 0.29) is 19.5 Å². The number of ether oxygens (including phenoxy) is 2. The van der Waals surface area contributed by atoms with Crippen LogP contribution in [0.15, 0.2) is 42.7 Å². The average molecular weight is 531 g/mol. The Balaban J connectivity index is 1.41. The molecule has 4 heterocycles. The van der Waals surface area contributed by atoms with Crippen LogP contribution in [0.1, 0.15) is 12.0 Å². The van der Waals surface area contributed by atoms with Gasteiger partial charge in [-0.2, -0.15) is 5.10 Å². The number of hydrogen-bond donors (Lipinski definition) is 1. The number of aromatic nitrogens is 3. The highest BCUT2D eigenvalue weighted by Crippen LogP contribution is 2.33. The average Bonchev–Trinajstić information content (AvgIpc) is 3.53. The van der Waals surface area contributed by atoms with E-state index in [0.717, 1.165) is 46.9 Å². The van der Waals surface area contributed by atoms with E-state index in [2.05, 4.69) is 20.1 Å². The molecule has 2 saturated heterocycles. The molecule has 2 aliphatic rings. The number of carbonyl (C=O) groups is 1. The summed E-state index contributed by atoms with van der Waals surface area (Å²) >= 11 is 0. The summed E-state index contributed by atoms with van der Waals surface area (Å²) in [5, 5.41) is 7.11. The molecule has 1 atom stereocenters. The number of morpholine rings is 1. The van der Waals surface area contributed by atoms with Crippen LogP contribution < -0.4 is 10.2 Å². The molecule has 5 rings (SSSR count). The number of rotatable bonds is 5. The number of hydrogen-bond acceptors (Lipinski definition) is 6. The molecular formula is C26H29F3N6O3. The van der Waals surface area contributed by atoms with Crippen LogP contribution in [0, 0.1) is 6.92 Å². The van der Waals surface area contributed by atoms with E-state index in [1.165, 1.54) is 4.90 Å². The van der Waals surface area contributed by atoms with E-state index in [1.54, 1.807) is 16.9 Å². The Morgan fingerprint density at radius 3 is 2.63 bits per heavy atom. The van der Waals surface area contributed by atoms with E-state index in [4.69, 9.17) is 9.72 Å². The van der Waals surface area contributed by atoms with Gasteiger partial charge in [-0.3, -0.25) is 9.42 Å². The zero-order valence-corrected chi connectivity index (χ0v) is 21.2. The summed E-state index contributed by atoms with van der Waals surface area (Å²) < 4.78 is 49.0. The number of urea groups is 1. The molecule has 9 nitrogen and oxygen atoms in total. The van der Waals surface area contributed by atoms with Crippen LogP contribution in [-0.2, 0) is 16.5 Å². The summed E-state index contributed by atoms with van der Waals surface area (Å²) in [4.78, 5) is 21.2. The Bertz CT molecular complexity index is 1310. The van der Waals surface area contributed by atoms with Gasteiger partial charge in [0.2, 0.25) is 0 Å². The van der Waals surface area contributed by atoms with E-state index < -0.39 is 18.5 Å². The van der Waals surface area contributed by atoms with Crippen LogP contribution in [0.5, 0.6) is 0 Å². The molecular weight excluding hydrogens is 501 g/mol. The van der Waals surface area contributed by atoms with E-state index in [9.17, 15) is 18.0 Å². The number of benzene rings is 1. The highest BCUT2D eigenvalue weighted by molar-refractivity contribution is 5.91. The minimum atomic E-state index is -4.72. The topological polar surface area (TPSA) is 84.8 Å². The van der Waals surface area contributed by atoms with Gasteiger partial charge in [-0.15, -0.1) is 13.2 Å². The van der Waals surface area contributed by atoms with Crippen LogP contribution >= 0.6 is 0 Å². The van der Waals surface area contributed by atoms with Gasteiger partial charge >= 0.3 is 12.4 Å². The van der Waals surface area contributed by atoms with E-state index in [0.29, 0.717) is 18.9 Å². The minimum Gasteiger partial charge on any atom is -0.378 e. The smallest absolute Gasteiger partial charge is 0.378 e. The Morgan fingerprint density at radius 2 is 1.92 bits per heavy atom. The van der Waals surface area contributed by atoms with E-state index in [1.807, 2.05) is 44.4 Å². The van der Waals surface area contributed by atoms with Gasteiger partial charge in [-0.05, 0) is 54.3 Å². The third kappa shape index (κ3) is 6.08. The van der Waals surface area contributed by atoms with Crippen LogP contribution in [-0.4, -0.2) is 77.6 Å². The van der Waals surface area contributed by atoms with Gasteiger partial charge in [0.25, 0.3) is 0 Å². The highest BCUT2D eigenvalue weighted by Gasteiger charge is 2.37. The molecule has 0 spiro atoms. The first-order valence-corrected chi connectivity index (χ1v) is 12.4. The quantitative estimate of drug-likeness (QED) is 0.525. The summed E-state index contributed by atoms with van der Waals surface area (Å²) in [7, 11) is 1.85. The summed E-state index contributed by atoms with van der Waals surface area (Å²) in [5.41, 5.74) is 5.04. The number of carbonyl (C=O) groups excluding carboxylic acids is 1. The van der Waals surface area contributed by atoms with Crippen molar-refractivity contribution in [3.05, 3.63) is 48.3 Å². The standard InChI is InChI=1S/C26H29F3N6O3/c1-17-3-4-20(31-25(36)35-6-5-21(16-35)38-26(27,28)29)13-22(17)18-11-23(19-14-30-33(2)15-19)32-24(12-18)34-7-9-37-10-8-34/h3-4,11-15,21H,5-10,16H2,1-2H3,(H,31,36). The maximum Gasteiger partial charge on any atom is 0.522 e. The minimum absolute atomic E-state index is 0.119.